The number of carbonyl (C=O) groups is 3. The molecule has 0 aliphatic rings. The van der Waals surface area contributed by atoms with Gasteiger partial charge in [0, 0.05) is 0 Å². The van der Waals surface area contributed by atoms with Gasteiger partial charge in [-0.25, -0.2) is 0 Å². The average molecular weight is 246 g/mol. The van der Waals surface area contributed by atoms with Crippen LogP contribution < -0.4 is 22.9 Å². The van der Waals surface area contributed by atoms with E-state index in [4.69, 9.17) is 28.0 Å². The molecule has 8 nitrogen and oxygen atoms in total. The molecule has 0 radical (unpaired) electrons. The van der Waals surface area contributed by atoms with Gasteiger partial charge in [-0.15, -0.1) is 0 Å². The van der Waals surface area contributed by atoms with Crippen LogP contribution in [0, 0.1) is 0 Å². The molecule has 2 unspecified atom stereocenters. The molecule has 0 aromatic heterocycles. The Bertz CT molecular complexity index is 320. The first kappa shape index (κ1) is 15.5. The lowest BCUT2D eigenvalue weighted by Crippen LogP contribution is -2.60. The Morgan fingerprint density at radius 3 is 2.18 bits per heavy atom. The van der Waals surface area contributed by atoms with Gasteiger partial charge in [-0.1, -0.05) is 0 Å². The van der Waals surface area contributed by atoms with Crippen molar-refractivity contribution >= 4 is 17.7 Å². The Balaban J connectivity index is 4.44. The number of Topliss-reactive ketones (excluding diaryl/α,β-unsaturated/α-hetero) is 1. The third-order valence-corrected chi connectivity index (χ3v) is 2.53. The molecule has 98 valence electrons. The topological polar surface area (TPSA) is 176 Å². The predicted molar refractivity (Wildman–Crippen MR) is 59.6 cm³/mol. The minimum Gasteiger partial charge on any atom is -0.480 e. The monoisotopic (exact) mass is 246 g/mol. The van der Waals surface area contributed by atoms with Crippen LogP contribution in [0.1, 0.15) is 19.3 Å². The van der Waals surface area contributed by atoms with Gasteiger partial charge in [-0.3, -0.25) is 14.4 Å². The molecule has 0 aromatic rings. The van der Waals surface area contributed by atoms with Gasteiger partial charge in [0.15, 0.2) is 11.3 Å². The van der Waals surface area contributed by atoms with E-state index in [0.29, 0.717) is 0 Å². The van der Waals surface area contributed by atoms with Crippen LogP contribution in [-0.4, -0.2) is 40.9 Å². The van der Waals surface area contributed by atoms with Crippen molar-refractivity contribution in [2.24, 2.45) is 22.9 Å². The van der Waals surface area contributed by atoms with Crippen LogP contribution >= 0.6 is 0 Å². The molecule has 0 fully saturated rings. The highest BCUT2D eigenvalue weighted by molar-refractivity contribution is 6.10. The zero-order chi connectivity index (χ0) is 13.6. The number of primary amides is 1. The van der Waals surface area contributed by atoms with Crippen molar-refractivity contribution in [3.8, 4) is 0 Å². The molecule has 0 spiro atoms. The molecule has 0 heterocycles. The first-order valence-electron chi connectivity index (χ1n) is 5.06. The van der Waals surface area contributed by atoms with E-state index in [1.54, 1.807) is 0 Å². The fourth-order valence-electron chi connectivity index (χ4n) is 1.31. The fourth-order valence-corrected chi connectivity index (χ4v) is 1.31. The molecular weight excluding hydrogens is 228 g/mol. The normalized spacial score (nSPS) is 15.9. The van der Waals surface area contributed by atoms with Crippen LogP contribution in [0.2, 0.25) is 0 Å². The van der Waals surface area contributed by atoms with E-state index >= 15 is 0 Å². The van der Waals surface area contributed by atoms with E-state index < -0.39 is 35.8 Å². The SMILES string of the molecule is NCC(=O)C(N)(CCCC(N)C(=O)O)C(N)=O. The largest absolute Gasteiger partial charge is 0.480 e. The van der Waals surface area contributed by atoms with Gasteiger partial charge in [0.25, 0.3) is 0 Å². The molecule has 0 saturated carbocycles. The van der Waals surface area contributed by atoms with Crippen LogP contribution in [0.15, 0.2) is 0 Å². The first-order chi connectivity index (χ1) is 7.75. The van der Waals surface area contributed by atoms with E-state index in [0.717, 1.165) is 0 Å². The molecule has 0 aromatic carbocycles. The van der Waals surface area contributed by atoms with Crippen molar-refractivity contribution in [2.75, 3.05) is 6.54 Å². The molecule has 8 heteroatoms. The Labute approximate surface area is 98.3 Å². The molecule has 0 bridgehead atoms. The highest BCUT2D eigenvalue weighted by Crippen LogP contribution is 2.13. The lowest BCUT2D eigenvalue weighted by Gasteiger charge is -2.23. The first-order valence-corrected chi connectivity index (χ1v) is 5.06. The number of amides is 1. The molecule has 1 amide bonds. The number of carbonyl (C=O) groups excluding carboxylic acids is 2. The van der Waals surface area contributed by atoms with Crippen molar-refractivity contribution in [1.82, 2.24) is 0 Å². The standard InChI is InChI=1S/C9H18N4O4/c10-4-6(14)9(13,8(12)17)3-1-2-5(11)7(15)16/h5H,1-4,10-11,13H2,(H2,12,17)(H,15,16). The maximum absolute atomic E-state index is 11.4. The maximum Gasteiger partial charge on any atom is 0.320 e. The van der Waals surface area contributed by atoms with Crippen LogP contribution in [0.4, 0.5) is 0 Å². The van der Waals surface area contributed by atoms with E-state index in [-0.39, 0.29) is 19.3 Å². The summed E-state index contributed by atoms with van der Waals surface area (Å²) in [7, 11) is 0. The van der Waals surface area contributed by atoms with Crippen molar-refractivity contribution in [1.29, 1.82) is 0 Å². The van der Waals surface area contributed by atoms with Crippen LogP contribution in [-0.2, 0) is 14.4 Å². The number of carboxylic acids is 1. The number of carboxylic acid groups (broad SMARTS) is 1. The number of nitrogens with two attached hydrogens (primary N) is 4. The highest BCUT2D eigenvalue weighted by Gasteiger charge is 2.38. The summed E-state index contributed by atoms with van der Waals surface area (Å²) in [5.41, 5.74) is 19.1. The zero-order valence-corrected chi connectivity index (χ0v) is 9.39. The maximum atomic E-state index is 11.4. The van der Waals surface area contributed by atoms with E-state index in [9.17, 15) is 14.4 Å². The second kappa shape index (κ2) is 6.28. The Kier molecular flexibility index (Phi) is 5.72. The smallest absolute Gasteiger partial charge is 0.320 e. The molecule has 17 heavy (non-hydrogen) atoms. The predicted octanol–water partition coefficient (Wildman–Crippen LogP) is -2.72. The number of hydrogen-bond acceptors (Lipinski definition) is 6. The van der Waals surface area contributed by atoms with E-state index in [1.165, 1.54) is 0 Å². The number of hydrogen-bond donors (Lipinski definition) is 5. The van der Waals surface area contributed by atoms with Gasteiger partial charge in [-0.05, 0) is 19.3 Å². The molecular formula is C9H18N4O4. The average Bonchev–Trinajstić information content (AvgIpc) is 2.26. The van der Waals surface area contributed by atoms with Crippen LogP contribution in [0.3, 0.4) is 0 Å². The molecule has 0 aliphatic heterocycles. The Morgan fingerprint density at radius 1 is 1.29 bits per heavy atom. The molecule has 2 atom stereocenters. The summed E-state index contributed by atoms with van der Waals surface area (Å²) in [5.74, 6) is -2.80. The summed E-state index contributed by atoms with van der Waals surface area (Å²) in [6, 6.07) is -1.06. The lowest BCUT2D eigenvalue weighted by molar-refractivity contribution is -0.138. The third-order valence-electron chi connectivity index (χ3n) is 2.53. The summed E-state index contributed by atoms with van der Waals surface area (Å²) in [5, 5.41) is 8.54. The van der Waals surface area contributed by atoms with Crippen molar-refractivity contribution in [2.45, 2.75) is 30.8 Å². The summed E-state index contributed by atoms with van der Waals surface area (Å²) in [4.78, 5) is 32.9. The number of ketones is 1. The van der Waals surface area contributed by atoms with Gasteiger partial charge < -0.3 is 28.0 Å². The van der Waals surface area contributed by atoms with Gasteiger partial charge >= 0.3 is 5.97 Å². The van der Waals surface area contributed by atoms with Crippen LogP contribution in [0.25, 0.3) is 0 Å². The van der Waals surface area contributed by atoms with Gasteiger partial charge in [-0.2, -0.15) is 0 Å². The minimum atomic E-state index is -1.84. The van der Waals surface area contributed by atoms with Crippen molar-refractivity contribution < 1.29 is 19.5 Å². The lowest BCUT2D eigenvalue weighted by atomic mass is 9.87. The molecule has 9 N–H and O–H groups in total. The van der Waals surface area contributed by atoms with Gasteiger partial charge in [0.05, 0.1) is 6.54 Å². The molecule has 0 rings (SSSR count). The quantitative estimate of drug-likeness (QED) is 0.289. The Hall–Kier alpha value is -1.51. The summed E-state index contributed by atoms with van der Waals surface area (Å²) >= 11 is 0. The van der Waals surface area contributed by atoms with E-state index in [1.807, 2.05) is 0 Å². The second-order valence-electron chi connectivity index (χ2n) is 3.80. The number of aliphatic carboxylic acids is 1. The molecule has 0 saturated heterocycles. The van der Waals surface area contributed by atoms with Crippen molar-refractivity contribution in [3.05, 3.63) is 0 Å². The second-order valence-corrected chi connectivity index (χ2v) is 3.80. The minimum absolute atomic E-state index is 0.0701. The van der Waals surface area contributed by atoms with Gasteiger partial charge in [0.2, 0.25) is 5.91 Å². The number of rotatable bonds is 8. The molecule has 0 aliphatic carbocycles. The summed E-state index contributed by atoms with van der Waals surface area (Å²) in [6.07, 6.45) is 0.220. The van der Waals surface area contributed by atoms with E-state index in [2.05, 4.69) is 0 Å². The summed E-state index contributed by atoms with van der Waals surface area (Å²) in [6.45, 7) is -0.398. The van der Waals surface area contributed by atoms with Gasteiger partial charge in [0.1, 0.15) is 6.04 Å². The van der Waals surface area contributed by atoms with Crippen LogP contribution in [0.5, 0.6) is 0 Å². The highest BCUT2D eigenvalue weighted by atomic mass is 16.4. The fraction of sp³-hybridized carbons (Fsp3) is 0.667. The summed E-state index contributed by atoms with van der Waals surface area (Å²) < 4.78 is 0. The Morgan fingerprint density at radius 2 is 1.82 bits per heavy atom. The third kappa shape index (κ3) is 4.10. The zero-order valence-electron chi connectivity index (χ0n) is 9.39. The van der Waals surface area contributed by atoms with Crippen molar-refractivity contribution in [3.63, 3.8) is 0 Å².